The minimum Gasteiger partial charge on any atom is -0.462 e. The number of hydrogen-bond acceptors (Lipinski definition) is 5. The van der Waals surface area contributed by atoms with Gasteiger partial charge in [-0.2, -0.15) is 0 Å². The van der Waals surface area contributed by atoms with Crippen LogP contribution in [0, 0.1) is 13.8 Å². The van der Waals surface area contributed by atoms with Gasteiger partial charge < -0.3 is 9.47 Å². The molecule has 38 heavy (non-hydrogen) atoms. The normalized spacial score (nSPS) is 10.6. The van der Waals surface area contributed by atoms with Crippen LogP contribution in [0.25, 0.3) is 22.5 Å². The Bertz CT molecular complexity index is 1350. The highest BCUT2D eigenvalue weighted by molar-refractivity contribution is 6.00. The first-order chi connectivity index (χ1) is 18.3. The van der Waals surface area contributed by atoms with Crippen molar-refractivity contribution in [2.45, 2.75) is 27.7 Å². The van der Waals surface area contributed by atoms with Crippen LogP contribution in [-0.4, -0.2) is 40.5 Å². The van der Waals surface area contributed by atoms with Crippen LogP contribution in [0.5, 0.6) is 0 Å². The molecule has 0 atom stereocenters. The summed E-state index contributed by atoms with van der Waals surface area (Å²) in [4.78, 5) is 38.8. The second kappa shape index (κ2) is 11.5. The monoisotopic (exact) mass is 514 g/mol. The number of nitrogens with one attached hydrogen (secondary N) is 2. The van der Waals surface area contributed by atoms with Gasteiger partial charge in [-0.25, -0.2) is 25.2 Å². The second-order valence-corrected chi connectivity index (χ2v) is 8.49. The van der Waals surface area contributed by atoms with Crippen molar-refractivity contribution in [1.82, 2.24) is 9.35 Å². The van der Waals surface area contributed by atoms with E-state index >= 15 is 0 Å². The van der Waals surface area contributed by atoms with E-state index in [-0.39, 0.29) is 13.2 Å². The maximum absolute atomic E-state index is 13.4. The molecule has 196 valence electrons. The Morgan fingerprint density at radius 1 is 0.658 bits per heavy atom. The Balaban J connectivity index is 1.73. The third-order valence-corrected chi connectivity index (χ3v) is 5.88. The van der Waals surface area contributed by atoms with E-state index in [1.54, 1.807) is 49.2 Å². The van der Waals surface area contributed by atoms with Crippen molar-refractivity contribution in [3.05, 3.63) is 95.3 Å². The molecule has 9 heteroatoms. The topological polar surface area (TPSA) is 104 Å². The smallest absolute Gasteiger partial charge is 0.353 e. The summed E-state index contributed by atoms with van der Waals surface area (Å²) in [6.07, 6.45) is 0. The zero-order chi connectivity index (χ0) is 27.2. The molecule has 0 radical (unpaired) electrons. The molecule has 2 heterocycles. The van der Waals surface area contributed by atoms with Crippen LogP contribution in [0.1, 0.15) is 46.0 Å². The number of hydrogen-bond donors (Lipinski definition) is 2. The van der Waals surface area contributed by atoms with Gasteiger partial charge in [0.2, 0.25) is 0 Å². The molecule has 0 saturated carbocycles. The van der Waals surface area contributed by atoms with E-state index in [2.05, 4.69) is 10.9 Å². The number of aryl methyl sites for hydroxylation is 2. The lowest BCUT2D eigenvalue weighted by atomic mass is 10.1. The molecule has 2 amide bonds. The van der Waals surface area contributed by atoms with Gasteiger partial charge in [-0.15, -0.1) is 0 Å². The van der Waals surface area contributed by atoms with Gasteiger partial charge in [-0.1, -0.05) is 60.7 Å². The van der Waals surface area contributed by atoms with Gasteiger partial charge in [-0.05, 0) is 39.8 Å². The van der Waals surface area contributed by atoms with Crippen LogP contribution in [0.4, 0.5) is 4.79 Å². The highest BCUT2D eigenvalue weighted by atomic mass is 16.5. The maximum Gasteiger partial charge on any atom is 0.353 e. The van der Waals surface area contributed by atoms with Crippen LogP contribution in [0.15, 0.2) is 72.8 Å². The molecular formula is C29H30N4O5. The molecule has 0 saturated heterocycles. The molecule has 4 aromatic rings. The molecule has 4 rings (SSSR count). The van der Waals surface area contributed by atoms with Crippen molar-refractivity contribution in [2.75, 3.05) is 24.1 Å². The number of carbonyl (C=O) groups is 3. The van der Waals surface area contributed by atoms with E-state index in [0.29, 0.717) is 33.9 Å². The molecular weight excluding hydrogens is 484 g/mol. The predicted molar refractivity (Wildman–Crippen MR) is 145 cm³/mol. The van der Waals surface area contributed by atoms with E-state index < -0.39 is 18.0 Å². The van der Waals surface area contributed by atoms with E-state index in [1.165, 1.54) is 0 Å². The van der Waals surface area contributed by atoms with Crippen LogP contribution < -0.4 is 10.9 Å². The lowest BCUT2D eigenvalue weighted by Gasteiger charge is -2.18. The minimum atomic E-state index is -0.581. The molecule has 2 N–H and O–H groups in total. The lowest BCUT2D eigenvalue weighted by molar-refractivity contribution is 0.0517. The van der Waals surface area contributed by atoms with Gasteiger partial charge in [0.1, 0.15) is 0 Å². The van der Waals surface area contributed by atoms with Crippen molar-refractivity contribution < 1.29 is 23.9 Å². The summed E-state index contributed by atoms with van der Waals surface area (Å²) in [5.74, 6) is -0.968. The first-order valence-corrected chi connectivity index (χ1v) is 12.3. The van der Waals surface area contributed by atoms with Gasteiger partial charge >= 0.3 is 18.0 Å². The van der Waals surface area contributed by atoms with Gasteiger partial charge in [0, 0.05) is 22.5 Å². The summed E-state index contributed by atoms with van der Waals surface area (Å²) in [6.45, 7) is 7.50. The fraction of sp³-hybridized carbons (Fsp3) is 0.207. The summed E-state index contributed by atoms with van der Waals surface area (Å²) in [7, 11) is 0. The van der Waals surface area contributed by atoms with Crippen LogP contribution in [0.3, 0.4) is 0 Å². The molecule has 0 aliphatic heterocycles. The Labute approximate surface area is 220 Å². The Morgan fingerprint density at radius 2 is 1.03 bits per heavy atom. The number of nitrogens with zero attached hydrogens (tertiary/aromatic N) is 2. The summed E-state index contributed by atoms with van der Waals surface area (Å²) < 4.78 is 13.6. The highest BCUT2D eigenvalue weighted by Crippen LogP contribution is 2.29. The van der Waals surface area contributed by atoms with Gasteiger partial charge in [0.25, 0.3) is 0 Å². The summed E-state index contributed by atoms with van der Waals surface area (Å²) in [6, 6.07) is 21.3. The summed E-state index contributed by atoms with van der Waals surface area (Å²) in [5.41, 5.74) is 10.1. The number of carbonyl (C=O) groups excluding carboxylic acids is 3. The SMILES string of the molecule is CCOC(=O)c1cc(C)n(NC(=O)Nn2c(C)cc(C(=O)OCC)c2-c2ccccc2)c1-c1ccccc1. The fourth-order valence-electron chi connectivity index (χ4n) is 4.28. The summed E-state index contributed by atoms with van der Waals surface area (Å²) >= 11 is 0. The van der Waals surface area contributed by atoms with Crippen molar-refractivity contribution in [3.8, 4) is 22.5 Å². The van der Waals surface area contributed by atoms with Gasteiger partial charge in [-0.3, -0.25) is 9.35 Å². The number of urea groups is 1. The molecule has 0 unspecified atom stereocenters. The zero-order valence-electron chi connectivity index (χ0n) is 21.8. The third kappa shape index (κ3) is 5.31. The van der Waals surface area contributed by atoms with Crippen LogP contribution in [-0.2, 0) is 9.47 Å². The first-order valence-electron chi connectivity index (χ1n) is 12.3. The van der Waals surface area contributed by atoms with Crippen LogP contribution >= 0.6 is 0 Å². The van der Waals surface area contributed by atoms with Crippen LogP contribution in [0.2, 0.25) is 0 Å². The highest BCUT2D eigenvalue weighted by Gasteiger charge is 2.25. The third-order valence-electron chi connectivity index (χ3n) is 5.88. The standard InChI is InChI=1S/C29H30N4O5/c1-5-37-27(34)23-17-19(3)32(25(23)21-13-9-7-10-14-21)30-29(36)31-33-20(4)18-24(28(35)38-6-2)26(33)22-15-11-8-12-16-22/h7-18H,5-6H2,1-4H3,(H2,30,31,36). The lowest BCUT2D eigenvalue weighted by Crippen LogP contribution is -2.34. The largest absolute Gasteiger partial charge is 0.462 e. The Morgan fingerprint density at radius 3 is 1.37 bits per heavy atom. The molecule has 2 aromatic heterocycles. The molecule has 0 aliphatic carbocycles. The van der Waals surface area contributed by atoms with E-state index in [4.69, 9.17) is 9.47 Å². The Kier molecular flexibility index (Phi) is 7.96. The number of benzene rings is 2. The number of rotatable bonds is 8. The molecule has 9 nitrogen and oxygen atoms in total. The first kappa shape index (κ1) is 26.3. The van der Waals surface area contributed by atoms with Gasteiger partial charge in [0.05, 0.1) is 35.7 Å². The Hall–Kier alpha value is -4.79. The minimum absolute atomic E-state index is 0.225. The van der Waals surface area contributed by atoms with Crippen molar-refractivity contribution >= 4 is 18.0 Å². The van der Waals surface area contributed by atoms with Gasteiger partial charge in [0.15, 0.2) is 0 Å². The van der Waals surface area contributed by atoms with E-state index in [1.807, 2.05) is 60.7 Å². The summed E-state index contributed by atoms with van der Waals surface area (Å²) in [5, 5.41) is 0. The average Bonchev–Trinajstić information content (AvgIpc) is 3.42. The van der Waals surface area contributed by atoms with E-state index in [0.717, 1.165) is 11.1 Å². The zero-order valence-corrected chi connectivity index (χ0v) is 21.8. The molecule has 0 aliphatic rings. The second-order valence-electron chi connectivity index (χ2n) is 8.49. The number of aromatic nitrogens is 2. The predicted octanol–water partition coefficient (Wildman–Crippen LogP) is 5.50. The number of amides is 2. The molecule has 0 bridgehead atoms. The van der Waals surface area contributed by atoms with Crippen molar-refractivity contribution in [2.24, 2.45) is 0 Å². The molecule has 0 spiro atoms. The average molecular weight is 515 g/mol. The fourth-order valence-corrected chi connectivity index (χ4v) is 4.28. The van der Waals surface area contributed by atoms with Crippen molar-refractivity contribution in [1.29, 1.82) is 0 Å². The molecule has 0 fully saturated rings. The quantitative estimate of drug-likeness (QED) is 0.302. The maximum atomic E-state index is 13.4. The molecule has 2 aromatic carbocycles. The number of ether oxygens (including phenoxy) is 2. The van der Waals surface area contributed by atoms with E-state index in [9.17, 15) is 14.4 Å². The van der Waals surface area contributed by atoms with Crippen molar-refractivity contribution in [3.63, 3.8) is 0 Å². The number of esters is 2.